The average Bonchev–Trinajstić information content (AvgIpc) is 2.96. The fourth-order valence-electron chi connectivity index (χ4n) is 3.48. The van der Waals surface area contributed by atoms with Gasteiger partial charge in [-0.1, -0.05) is 60.7 Å². The second-order valence-corrected chi connectivity index (χ2v) is 7.89. The van der Waals surface area contributed by atoms with Gasteiger partial charge in [0.2, 0.25) is 5.95 Å². The summed E-state index contributed by atoms with van der Waals surface area (Å²) in [5.41, 5.74) is 3.33. The molecule has 0 bridgehead atoms. The number of aliphatic hydroxyl groups excluding tert-OH is 1. The van der Waals surface area contributed by atoms with Crippen LogP contribution >= 0.6 is 0 Å². The zero-order valence-electron chi connectivity index (χ0n) is 20.3. The Kier molecular flexibility index (Phi) is 8.30. The van der Waals surface area contributed by atoms with Crippen molar-refractivity contribution in [3.8, 4) is 22.5 Å². The van der Waals surface area contributed by atoms with Crippen molar-refractivity contribution in [1.82, 2.24) is 9.97 Å². The molecule has 7 nitrogen and oxygen atoms in total. The average molecular weight is 536 g/mol. The summed E-state index contributed by atoms with van der Waals surface area (Å²) in [5, 5.41) is 14.4. The Morgan fingerprint density at radius 1 is 0.897 bits per heavy atom. The van der Waals surface area contributed by atoms with E-state index >= 15 is 0 Å². The number of anilines is 1. The zero-order valence-corrected chi connectivity index (χ0v) is 20.3. The van der Waals surface area contributed by atoms with Gasteiger partial charge in [-0.3, -0.25) is 0 Å². The minimum absolute atomic E-state index is 0.000735. The lowest BCUT2D eigenvalue weighted by molar-refractivity contribution is -0.137. The number of benzene rings is 3. The zero-order chi connectivity index (χ0) is 27.9. The van der Waals surface area contributed by atoms with Crippen LogP contribution in [0, 0.1) is 23.3 Å². The topological polar surface area (TPSA) is 96.7 Å². The summed E-state index contributed by atoms with van der Waals surface area (Å²) in [6, 6.07) is 20.4. The van der Waals surface area contributed by atoms with Gasteiger partial charge in [-0.05, 0) is 19.1 Å². The highest BCUT2D eigenvalue weighted by Crippen LogP contribution is 2.27. The SMILES string of the molecule is CCOC(=O)C(/C=N/Nc1nc(-c2ccccc2)cc(-c2ccccc2)n1)=C(\O)c1cc(F)c(F)c(F)c1F. The maximum atomic E-state index is 14.3. The first-order valence-electron chi connectivity index (χ1n) is 11.5. The molecular weight excluding hydrogens is 516 g/mol. The number of rotatable bonds is 8. The van der Waals surface area contributed by atoms with Crippen LogP contribution in [0.15, 0.2) is 83.5 Å². The lowest BCUT2D eigenvalue weighted by Gasteiger charge is -2.10. The normalized spacial score (nSPS) is 11.8. The lowest BCUT2D eigenvalue weighted by atomic mass is 10.1. The van der Waals surface area contributed by atoms with E-state index in [2.05, 4.69) is 20.5 Å². The van der Waals surface area contributed by atoms with E-state index in [4.69, 9.17) is 4.74 Å². The highest BCUT2D eigenvalue weighted by atomic mass is 19.2. The van der Waals surface area contributed by atoms with Crippen molar-refractivity contribution in [3.05, 3.63) is 107 Å². The Labute approximate surface area is 220 Å². The number of esters is 1. The van der Waals surface area contributed by atoms with Crippen molar-refractivity contribution >= 4 is 23.9 Å². The van der Waals surface area contributed by atoms with E-state index in [1.807, 2.05) is 60.7 Å². The van der Waals surface area contributed by atoms with E-state index in [1.165, 1.54) is 6.92 Å². The van der Waals surface area contributed by atoms with Crippen LogP contribution in [0.25, 0.3) is 28.3 Å². The summed E-state index contributed by atoms with van der Waals surface area (Å²) in [6.07, 6.45) is 0.743. The van der Waals surface area contributed by atoms with Crippen molar-refractivity contribution in [2.45, 2.75) is 6.92 Å². The Morgan fingerprint density at radius 3 is 2.00 bits per heavy atom. The van der Waals surface area contributed by atoms with Gasteiger partial charge in [0.15, 0.2) is 23.3 Å². The standard InChI is InChI=1S/C28H20F4N4O3/c1-2-39-27(38)19(26(37)18-13-20(29)24(31)25(32)23(18)30)15-33-36-28-34-21(16-9-5-3-6-10-16)14-22(35-28)17-11-7-4-8-12-17/h3-15,37H,2H2,1H3,(H,34,35,36)/b26-19-,33-15+. The van der Waals surface area contributed by atoms with Gasteiger partial charge in [-0.15, -0.1) is 0 Å². The highest BCUT2D eigenvalue weighted by molar-refractivity contribution is 6.15. The molecule has 0 aliphatic heterocycles. The number of hydrazone groups is 1. The summed E-state index contributed by atoms with van der Waals surface area (Å²) in [6.45, 7) is 1.32. The van der Waals surface area contributed by atoms with Crippen molar-refractivity contribution in [2.24, 2.45) is 5.10 Å². The predicted molar refractivity (Wildman–Crippen MR) is 137 cm³/mol. The molecule has 0 atom stereocenters. The Bertz CT molecular complexity index is 1500. The summed E-state index contributed by atoms with van der Waals surface area (Å²) < 4.78 is 60.0. The number of carbonyl (C=O) groups is 1. The molecule has 0 spiro atoms. The number of nitrogens with zero attached hydrogens (tertiary/aromatic N) is 3. The van der Waals surface area contributed by atoms with Gasteiger partial charge in [0.05, 0.1) is 29.8 Å². The van der Waals surface area contributed by atoms with Gasteiger partial charge in [-0.2, -0.15) is 5.10 Å². The lowest BCUT2D eigenvalue weighted by Crippen LogP contribution is -2.13. The van der Waals surface area contributed by atoms with E-state index in [-0.39, 0.29) is 18.6 Å². The molecular formula is C28H20F4N4O3. The summed E-state index contributed by atoms with van der Waals surface area (Å²) >= 11 is 0. The minimum Gasteiger partial charge on any atom is -0.506 e. The Morgan fingerprint density at radius 2 is 1.46 bits per heavy atom. The first kappa shape index (κ1) is 27.0. The Balaban J connectivity index is 1.74. The maximum Gasteiger partial charge on any atom is 0.343 e. The molecule has 0 amide bonds. The van der Waals surface area contributed by atoms with Crippen LogP contribution in [0.1, 0.15) is 12.5 Å². The molecule has 0 unspecified atom stereocenters. The molecule has 4 aromatic rings. The molecule has 39 heavy (non-hydrogen) atoms. The third-order valence-electron chi connectivity index (χ3n) is 5.33. The molecule has 4 rings (SSSR count). The van der Waals surface area contributed by atoms with E-state index in [1.54, 1.807) is 6.07 Å². The monoisotopic (exact) mass is 536 g/mol. The number of halogens is 4. The molecule has 0 fully saturated rings. The summed E-state index contributed by atoms with van der Waals surface area (Å²) in [5.74, 6) is -10.3. The molecule has 198 valence electrons. The van der Waals surface area contributed by atoms with Gasteiger partial charge in [0.1, 0.15) is 11.3 Å². The van der Waals surface area contributed by atoms with Crippen LogP contribution in [-0.4, -0.2) is 33.9 Å². The fraction of sp³-hybridized carbons (Fsp3) is 0.0714. The van der Waals surface area contributed by atoms with Crippen LogP contribution in [-0.2, 0) is 9.53 Å². The summed E-state index contributed by atoms with van der Waals surface area (Å²) in [4.78, 5) is 21.3. The van der Waals surface area contributed by atoms with Crippen molar-refractivity contribution in [2.75, 3.05) is 12.0 Å². The smallest absolute Gasteiger partial charge is 0.343 e. The molecule has 11 heteroatoms. The third-order valence-corrected chi connectivity index (χ3v) is 5.33. The number of nitrogens with one attached hydrogen (secondary N) is 1. The Hall–Kier alpha value is -5.06. The molecule has 1 heterocycles. The molecule has 2 N–H and O–H groups in total. The van der Waals surface area contributed by atoms with E-state index in [9.17, 15) is 27.5 Å². The quantitative estimate of drug-likeness (QED) is 0.0401. The van der Waals surface area contributed by atoms with Crippen molar-refractivity contribution in [3.63, 3.8) is 0 Å². The van der Waals surface area contributed by atoms with Crippen molar-refractivity contribution < 1.29 is 32.2 Å². The number of hydrogen-bond donors (Lipinski definition) is 2. The van der Waals surface area contributed by atoms with Gasteiger partial charge in [0.25, 0.3) is 0 Å². The number of hydrogen-bond acceptors (Lipinski definition) is 7. The number of carbonyl (C=O) groups excluding carboxylic acids is 1. The first-order chi connectivity index (χ1) is 18.8. The van der Waals surface area contributed by atoms with E-state index < -0.39 is 46.1 Å². The van der Waals surface area contributed by atoms with Crippen LogP contribution in [0.4, 0.5) is 23.5 Å². The molecule has 0 aliphatic rings. The molecule has 0 radical (unpaired) electrons. The maximum absolute atomic E-state index is 14.3. The van der Waals surface area contributed by atoms with Crippen molar-refractivity contribution in [1.29, 1.82) is 0 Å². The van der Waals surface area contributed by atoms with Gasteiger partial charge < -0.3 is 9.84 Å². The third kappa shape index (κ3) is 6.09. The van der Waals surface area contributed by atoms with E-state index in [0.717, 1.165) is 17.3 Å². The minimum atomic E-state index is -2.16. The second kappa shape index (κ2) is 12.0. The number of aromatic nitrogens is 2. The molecule has 0 saturated carbocycles. The highest BCUT2D eigenvalue weighted by Gasteiger charge is 2.25. The van der Waals surface area contributed by atoms with Gasteiger partial charge in [0, 0.05) is 11.1 Å². The fourth-order valence-corrected chi connectivity index (χ4v) is 3.48. The second-order valence-electron chi connectivity index (χ2n) is 7.89. The summed E-state index contributed by atoms with van der Waals surface area (Å²) in [7, 11) is 0. The molecule has 0 saturated heterocycles. The van der Waals surface area contributed by atoms with E-state index in [0.29, 0.717) is 11.4 Å². The first-order valence-corrected chi connectivity index (χ1v) is 11.5. The molecule has 3 aromatic carbocycles. The molecule has 1 aromatic heterocycles. The largest absolute Gasteiger partial charge is 0.506 e. The van der Waals surface area contributed by atoms with Gasteiger partial charge in [-0.25, -0.2) is 37.7 Å². The van der Waals surface area contributed by atoms with Crippen LogP contribution in [0.2, 0.25) is 0 Å². The van der Waals surface area contributed by atoms with Gasteiger partial charge >= 0.3 is 5.97 Å². The number of ether oxygens (including phenoxy) is 1. The number of aliphatic hydroxyl groups is 1. The van der Waals surface area contributed by atoms with Crippen LogP contribution < -0.4 is 5.43 Å². The van der Waals surface area contributed by atoms with Crippen LogP contribution in [0.3, 0.4) is 0 Å². The molecule has 0 aliphatic carbocycles. The van der Waals surface area contributed by atoms with Crippen LogP contribution in [0.5, 0.6) is 0 Å². The predicted octanol–water partition coefficient (Wildman–Crippen LogP) is 6.30.